The molecule has 27 heavy (non-hydrogen) atoms. The van der Waals surface area contributed by atoms with Crippen molar-refractivity contribution in [2.24, 2.45) is 5.92 Å². The molecular formula is C22H23ClN2O2. The molecule has 0 aromatic heterocycles. The number of benzene rings is 2. The molecule has 2 rings (SSSR count). The molecule has 0 bridgehead atoms. The lowest BCUT2D eigenvalue weighted by atomic mass is 9.83. The molecule has 0 aliphatic rings. The summed E-state index contributed by atoms with van der Waals surface area (Å²) < 4.78 is 0. The van der Waals surface area contributed by atoms with Crippen LogP contribution in [0, 0.1) is 17.2 Å². The number of hydrogen-bond acceptors (Lipinski definition) is 3. The SMILES string of the molecule is CC(=O)C[C@@H](C(=O)NCCc1ccc(Cl)cc1)[C@H](C)c1ccc(C#N)cc1. The fourth-order valence-corrected chi connectivity index (χ4v) is 3.14. The van der Waals surface area contributed by atoms with Crippen molar-refractivity contribution >= 4 is 23.3 Å². The van der Waals surface area contributed by atoms with Gasteiger partial charge in [0.1, 0.15) is 5.78 Å². The van der Waals surface area contributed by atoms with E-state index in [2.05, 4.69) is 11.4 Å². The van der Waals surface area contributed by atoms with Crippen molar-refractivity contribution in [3.63, 3.8) is 0 Å². The summed E-state index contributed by atoms with van der Waals surface area (Å²) in [6.45, 7) is 3.93. The molecule has 0 spiro atoms. The van der Waals surface area contributed by atoms with Crippen molar-refractivity contribution in [2.75, 3.05) is 6.54 Å². The number of halogens is 1. The first kappa shape index (κ1) is 20.7. The van der Waals surface area contributed by atoms with Gasteiger partial charge in [-0.1, -0.05) is 42.8 Å². The highest BCUT2D eigenvalue weighted by Crippen LogP contribution is 2.27. The molecule has 4 nitrogen and oxygen atoms in total. The number of carbonyl (C=O) groups excluding carboxylic acids is 2. The standard InChI is InChI=1S/C22H23ClN2O2/c1-15(26)13-21(16(2)19-7-3-18(14-24)4-8-19)22(27)25-12-11-17-5-9-20(23)10-6-17/h3-10,16,21H,11-13H2,1-2H3,(H,25,27)/t16-,21-/m1/s1. The second kappa shape index (κ2) is 9.89. The van der Waals surface area contributed by atoms with Crippen molar-refractivity contribution in [3.05, 3.63) is 70.2 Å². The van der Waals surface area contributed by atoms with Gasteiger partial charge in [0.15, 0.2) is 0 Å². The third-order valence-corrected chi connectivity index (χ3v) is 4.89. The smallest absolute Gasteiger partial charge is 0.224 e. The fourth-order valence-electron chi connectivity index (χ4n) is 3.01. The molecule has 0 unspecified atom stereocenters. The normalized spacial score (nSPS) is 12.7. The largest absolute Gasteiger partial charge is 0.356 e. The summed E-state index contributed by atoms with van der Waals surface area (Å²) in [6, 6.07) is 16.7. The Balaban J connectivity index is 2.02. The van der Waals surface area contributed by atoms with Crippen LogP contribution in [-0.2, 0) is 16.0 Å². The molecule has 1 N–H and O–H groups in total. The molecule has 0 aliphatic heterocycles. The van der Waals surface area contributed by atoms with Gasteiger partial charge in [0.05, 0.1) is 17.6 Å². The van der Waals surface area contributed by atoms with E-state index in [4.69, 9.17) is 16.9 Å². The molecule has 1 amide bonds. The number of ketones is 1. The van der Waals surface area contributed by atoms with Gasteiger partial charge in [-0.05, 0) is 54.7 Å². The maximum atomic E-state index is 12.7. The van der Waals surface area contributed by atoms with Crippen molar-refractivity contribution in [3.8, 4) is 6.07 Å². The van der Waals surface area contributed by atoms with Crippen LogP contribution < -0.4 is 5.32 Å². The van der Waals surface area contributed by atoms with Crippen LogP contribution in [0.25, 0.3) is 0 Å². The third-order valence-electron chi connectivity index (χ3n) is 4.64. The molecular weight excluding hydrogens is 360 g/mol. The fraction of sp³-hybridized carbons (Fsp3) is 0.318. The first-order valence-corrected chi connectivity index (χ1v) is 9.30. The van der Waals surface area contributed by atoms with Gasteiger partial charge in [-0.3, -0.25) is 4.79 Å². The van der Waals surface area contributed by atoms with Gasteiger partial charge >= 0.3 is 0 Å². The molecule has 0 fully saturated rings. The van der Waals surface area contributed by atoms with E-state index in [9.17, 15) is 9.59 Å². The molecule has 2 aromatic carbocycles. The maximum Gasteiger partial charge on any atom is 0.224 e. The zero-order valence-corrected chi connectivity index (χ0v) is 16.3. The topological polar surface area (TPSA) is 70.0 Å². The van der Waals surface area contributed by atoms with Crippen molar-refractivity contribution < 1.29 is 9.59 Å². The number of carbonyl (C=O) groups is 2. The first-order valence-electron chi connectivity index (χ1n) is 8.92. The summed E-state index contributed by atoms with van der Waals surface area (Å²) in [5, 5.41) is 12.6. The van der Waals surface area contributed by atoms with Crippen LogP contribution >= 0.6 is 11.6 Å². The highest BCUT2D eigenvalue weighted by atomic mass is 35.5. The number of nitrogens with one attached hydrogen (secondary N) is 1. The lowest BCUT2D eigenvalue weighted by molar-refractivity contribution is -0.129. The molecule has 0 saturated heterocycles. The summed E-state index contributed by atoms with van der Waals surface area (Å²) in [6.07, 6.45) is 0.884. The second-order valence-electron chi connectivity index (χ2n) is 6.70. The van der Waals surface area contributed by atoms with Crippen LogP contribution in [-0.4, -0.2) is 18.2 Å². The second-order valence-corrected chi connectivity index (χ2v) is 7.14. The minimum Gasteiger partial charge on any atom is -0.356 e. The van der Waals surface area contributed by atoms with E-state index in [-0.39, 0.29) is 24.0 Å². The summed E-state index contributed by atoms with van der Waals surface area (Å²) in [7, 11) is 0. The Bertz CT molecular complexity index is 823. The average Bonchev–Trinajstić information content (AvgIpc) is 2.67. The highest BCUT2D eigenvalue weighted by Gasteiger charge is 2.27. The van der Waals surface area contributed by atoms with Crippen molar-refractivity contribution in [2.45, 2.75) is 32.6 Å². The predicted octanol–water partition coefficient (Wildman–Crippen LogP) is 4.27. The Labute approximate surface area is 165 Å². The summed E-state index contributed by atoms with van der Waals surface area (Å²) in [4.78, 5) is 24.4. The Morgan fingerprint density at radius 2 is 1.74 bits per heavy atom. The van der Waals surface area contributed by atoms with Crippen molar-refractivity contribution in [1.29, 1.82) is 5.26 Å². The van der Waals surface area contributed by atoms with Gasteiger partial charge in [-0.15, -0.1) is 0 Å². The predicted molar refractivity (Wildman–Crippen MR) is 107 cm³/mol. The number of Topliss-reactive ketones (excluding diaryl/α,β-unsaturated/α-hetero) is 1. The van der Waals surface area contributed by atoms with E-state index in [0.717, 1.165) is 11.1 Å². The third kappa shape index (κ3) is 6.23. The van der Waals surface area contributed by atoms with Gasteiger partial charge in [-0.2, -0.15) is 5.26 Å². The van der Waals surface area contributed by atoms with E-state index < -0.39 is 5.92 Å². The van der Waals surface area contributed by atoms with E-state index in [1.807, 2.05) is 43.3 Å². The Morgan fingerprint density at radius 3 is 2.30 bits per heavy atom. The molecule has 0 radical (unpaired) electrons. The monoisotopic (exact) mass is 382 g/mol. The zero-order chi connectivity index (χ0) is 19.8. The summed E-state index contributed by atoms with van der Waals surface area (Å²) >= 11 is 5.88. The quantitative estimate of drug-likeness (QED) is 0.741. The molecule has 140 valence electrons. The lowest BCUT2D eigenvalue weighted by Gasteiger charge is -2.23. The Kier molecular flexibility index (Phi) is 7.57. The molecule has 0 aliphatic carbocycles. The molecule has 2 aromatic rings. The molecule has 0 saturated carbocycles. The Hall–Kier alpha value is -2.64. The van der Waals surface area contributed by atoms with Gasteiger partial charge in [0.25, 0.3) is 0 Å². The van der Waals surface area contributed by atoms with E-state index >= 15 is 0 Å². The number of rotatable bonds is 8. The lowest BCUT2D eigenvalue weighted by Crippen LogP contribution is -2.35. The van der Waals surface area contributed by atoms with Crippen LogP contribution in [0.1, 0.15) is 42.9 Å². The van der Waals surface area contributed by atoms with Crippen LogP contribution in [0.2, 0.25) is 5.02 Å². The number of nitrogens with zero attached hydrogens (tertiary/aromatic N) is 1. The average molecular weight is 383 g/mol. The molecule has 2 atom stereocenters. The number of nitriles is 1. The van der Waals surface area contributed by atoms with Gasteiger partial charge in [-0.25, -0.2) is 0 Å². The highest BCUT2D eigenvalue weighted by molar-refractivity contribution is 6.30. The molecule has 5 heteroatoms. The van der Waals surface area contributed by atoms with Crippen LogP contribution in [0.5, 0.6) is 0 Å². The van der Waals surface area contributed by atoms with E-state index in [0.29, 0.717) is 23.6 Å². The van der Waals surface area contributed by atoms with Crippen molar-refractivity contribution in [1.82, 2.24) is 5.32 Å². The first-order chi connectivity index (χ1) is 12.9. The van der Waals surface area contributed by atoms with Gasteiger partial charge in [0, 0.05) is 18.0 Å². The minimum absolute atomic E-state index is 0.0200. The summed E-state index contributed by atoms with van der Waals surface area (Å²) in [5.74, 6) is -0.720. The maximum absolute atomic E-state index is 12.7. The minimum atomic E-state index is -0.444. The van der Waals surface area contributed by atoms with Crippen LogP contribution in [0.4, 0.5) is 0 Å². The van der Waals surface area contributed by atoms with E-state index in [1.165, 1.54) is 6.92 Å². The van der Waals surface area contributed by atoms with Crippen LogP contribution in [0.15, 0.2) is 48.5 Å². The van der Waals surface area contributed by atoms with Crippen LogP contribution in [0.3, 0.4) is 0 Å². The van der Waals surface area contributed by atoms with E-state index in [1.54, 1.807) is 12.1 Å². The summed E-state index contributed by atoms with van der Waals surface area (Å²) in [5.41, 5.74) is 2.59. The number of amides is 1. The zero-order valence-electron chi connectivity index (χ0n) is 15.5. The van der Waals surface area contributed by atoms with Gasteiger partial charge in [0.2, 0.25) is 5.91 Å². The van der Waals surface area contributed by atoms with Gasteiger partial charge < -0.3 is 10.1 Å². The Morgan fingerprint density at radius 1 is 1.11 bits per heavy atom. The molecule has 0 heterocycles. The number of hydrogen-bond donors (Lipinski definition) is 1.